The summed E-state index contributed by atoms with van der Waals surface area (Å²) in [5.41, 5.74) is 4.58. The Morgan fingerprint density at radius 2 is 1.89 bits per heavy atom. The average molecular weight is 565 g/mol. The molecule has 2 N–H and O–H groups in total. The first-order chi connectivity index (χ1) is 18.5. The van der Waals surface area contributed by atoms with E-state index in [1.165, 1.54) is 0 Å². The molecule has 1 aliphatic rings. The molecule has 0 bridgehead atoms. The number of nitrogens with zero attached hydrogens (tertiary/aromatic N) is 3. The number of carbonyl (C=O) groups excluding carboxylic acids is 1. The number of hydrogen-bond acceptors (Lipinski definition) is 3. The second-order valence-electron chi connectivity index (χ2n) is 9.03. The van der Waals surface area contributed by atoms with Gasteiger partial charge in [0.05, 0.1) is 28.5 Å². The lowest BCUT2D eigenvalue weighted by Gasteiger charge is -2.29. The van der Waals surface area contributed by atoms with Crippen molar-refractivity contribution in [2.45, 2.75) is 31.8 Å². The van der Waals surface area contributed by atoms with E-state index >= 15 is 0 Å². The molecule has 0 saturated carbocycles. The topological polar surface area (TPSA) is 62.2 Å². The molecular formula is C29H27Cl2N5OS. The molecule has 2 aromatic heterocycles. The lowest BCUT2D eigenvalue weighted by molar-refractivity contribution is -0.116. The smallest absolute Gasteiger partial charge is 0.226 e. The Bertz CT molecular complexity index is 1460. The van der Waals surface area contributed by atoms with Gasteiger partial charge in [-0.3, -0.25) is 9.78 Å². The third-order valence-corrected chi connectivity index (χ3v) is 7.59. The molecule has 2 atom stereocenters. The highest BCUT2D eigenvalue weighted by Gasteiger charge is 2.41. The van der Waals surface area contributed by atoms with Crippen LogP contribution in [-0.4, -0.2) is 32.0 Å². The van der Waals surface area contributed by atoms with Gasteiger partial charge < -0.3 is 20.1 Å². The van der Waals surface area contributed by atoms with Crippen LogP contribution in [-0.2, 0) is 11.2 Å². The summed E-state index contributed by atoms with van der Waals surface area (Å²) < 4.78 is 2.04. The summed E-state index contributed by atoms with van der Waals surface area (Å²) >= 11 is 18.6. The quantitative estimate of drug-likeness (QED) is 0.232. The van der Waals surface area contributed by atoms with Crippen LogP contribution in [0.4, 0.5) is 5.69 Å². The first kappa shape index (κ1) is 26.2. The highest BCUT2D eigenvalue weighted by molar-refractivity contribution is 7.80. The summed E-state index contributed by atoms with van der Waals surface area (Å²) in [6.45, 7) is 2.50. The van der Waals surface area contributed by atoms with Crippen LogP contribution in [0, 0.1) is 0 Å². The van der Waals surface area contributed by atoms with E-state index in [1.807, 2.05) is 77.5 Å². The first-order valence-electron chi connectivity index (χ1n) is 12.4. The van der Waals surface area contributed by atoms with E-state index in [-0.39, 0.29) is 24.4 Å². The predicted octanol–water partition coefficient (Wildman–Crippen LogP) is 6.74. The van der Waals surface area contributed by atoms with E-state index in [1.54, 1.807) is 12.3 Å². The van der Waals surface area contributed by atoms with Crippen molar-refractivity contribution in [3.05, 3.63) is 112 Å². The number of anilines is 1. The number of pyridine rings is 1. The van der Waals surface area contributed by atoms with Crippen LogP contribution < -0.4 is 10.6 Å². The van der Waals surface area contributed by atoms with E-state index in [2.05, 4.69) is 27.4 Å². The first-order valence-corrected chi connectivity index (χ1v) is 13.6. The lowest BCUT2D eigenvalue weighted by Crippen LogP contribution is -2.33. The predicted molar refractivity (Wildman–Crippen MR) is 157 cm³/mol. The molecule has 9 heteroatoms. The fraction of sp³-hybridized carbons (Fsp3) is 0.207. The third-order valence-electron chi connectivity index (χ3n) is 6.70. The maximum absolute atomic E-state index is 13.0. The van der Waals surface area contributed by atoms with Gasteiger partial charge in [-0.1, -0.05) is 54.4 Å². The van der Waals surface area contributed by atoms with E-state index < -0.39 is 0 Å². The van der Waals surface area contributed by atoms with E-state index in [0.717, 1.165) is 34.7 Å². The van der Waals surface area contributed by atoms with Crippen LogP contribution in [0.5, 0.6) is 0 Å². The van der Waals surface area contributed by atoms with E-state index in [0.29, 0.717) is 21.7 Å². The minimum absolute atomic E-state index is 0.0649. The molecule has 1 saturated heterocycles. The fourth-order valence-electron chi connectivity index (χ4n) is 4.88. The zero-order valence-corrected chi connectivity index (χ0v) is 23.1. The SMILES string of the molecule is CCc1ccccc1NC(=O)CCN1C(=S)N[C@@H](c2ccccn2)[C@@H]1c1cccn1-c1ccc(Cl)cc1Cl. The average Bonchev–Trinajstić information content (AvgIpc) is 3.52. The van der Waals surface area contributed by atoms with Crippen molar-refractivity contribution in [3.63, 3.8) is 0 Å². The van der Waals surface area contributed by atoms with Crippen molar-refractivity contribution in [3.8, 4) is 5.69 Å². The van der Waals surface area contributed by atoms with Crippen molar-refractivity contribution >= 4 is 52.1 Å². The molecular weight excluding hydrogens is 537 g/mol. The Hall–Kier alpha value is -3.39. The van der Waals surface area contributed by atoms with Crippen molar-refractivity contribution in [2.24, 2.45) is 0 Å². The molecule has 1 fully saturated rings. The fourth-order valence-corrected chi connectivity index (χ4v) is 5.72. The van der Waals surface area contributed by atoms with Gasteiger partial charge in [-0.15, -0.1) is 0 Å². The van der Waals surface area contributed by atoms with Gasteiger partial charge in [0.15, 0.2) is 5.11 Å². The zero-order valence-electron chi connectivity index (χ0n) is 20.8. The summed E-state index contributed by atoms with van der Waals surface area (Å²) in [6.07, 6.45) is 4.85. The molecule has 2 aromatic carbocycles. The second kappa shape index (κ2) is 11.6. The summed E-state index contributed by atoms with van der Waals surface area (Å²) in [7, 11) is 0. The highest BCUT2D eigenvalue weighted by Crippen LogP contribution is 2.40. The summed E-state index contributed by atoms with van der Waals surface area (Å²) in [5, 5.41) is 8.20. The molecule has 0 aliphatic carbocycles. The van der Waals surface area contributed by atoms with Gasteiger partial charge in [-0.25, -0.2) is 0 Å². The van der Waals surface area contributed by atoms with Gasteiger partial charge in [-0.2, -0.15) is 0 Å². The number of nitrogens with one attached hydrogen (secondary N) is 2. The maximum Gasteiger partial charge on any atom is 0.226 e. The number of thiocarbonyl (C=S) groups is 1. The van der Waals surface area contributed by atoms with Crippen LogP contribution in [0.25, 0.3) is 5.69 Å². The number of hydrogen-bond donors (Lipinski definition) is 2. The third kappa shape index (κ3) is 5.41. The molecule has 3 heterocycles. The molecule has 1 amide bonds. The Kier molecular flexibility index (Phi) is 7.98. The van der Waals surface area contributed by atoms with Crippen molar-refractivity contribution < 1.29 is 4.79 Å². The minimum atomic E-state index is -0.227. The second-order valence-corrected chi connectivity index (χ2v) is 10.3. The molecule has 0 radical (unpaired) electrons. The molecule has 0 spiro atoms. The normalized spacial score (nSPS) is 16.9. The monoisotopic (exact) mass is 563 g/mol. The van der Waals surface area contributed by atoms with Crippen molar-refractivity contribution in [2.75, 3.05) is 11.9 Å². The highest BCUT2D eigenvalue weighted by atomic mass is 35.5. The Labute approximate surface area is 237 Å². The summed E-state index contributed by atoms with van der Waals surface area (Å²) in [4.78, 5) is 19.7. The Morgan fingerprint density at radius 1 is 1.08 bits per heavy atom. The molecule has 38 heavy (non-hydrogen) atoms. The van der Waals surface area contributed by atoms with Gasteiger partial charge in [-0.05, 0) is 72.7 Å². The molecule has 1 aliphatic heterocycles. The molecule has 194 valence electrons. The summed E-state index contributed by atoms with van der Waals surface area (Å²) in [6, 6.07) is 22.7. The summed E-state index contributed by atoms with van der Waals surface area (Å²) in [5.74, 6) is -0.0649. The molecule has 0 unspecified atom stereocenters. The Morgan fingerprint density at radius 3 is 2.66 bits per heavy atom. The largest absolute Gasteiger partial charge is 0.352 e. The van der Waals surface area contributed by atoms with E-state index in [9.17, 15) is 4.79 Å². The number of amides is 1. The van der Waals surface area contributed by atoms with Crippen molar-refractivity contribution in [1.29, 1.82) is 0 Å². The number of benzene rings is 2. The number of rotatable bonds is 8. The minimum Gasteiger partial charge on any atom is -0.352 e. The van der Waals surface area contributed by atoms with Crippen LogP contribution >= 0.6 is 35.4 Å². The number of aryl methyl sites for hydroxylation is 1. The zero-order chi connectivity index (χ0) is 26.6. The van der Waals surface area contributed by atoms with Crippen LogP contribution in [0.15, 0.2) is 85.2 Å². The molecule has 5 rings (SSSR count). The standard InChI is InChI=1S/C29H27Cl2N5OS/c1-2-19-8-3-4-9-22(19)33-26(37)14-17-36-28(27(34-29(36)38)23-10-5-6-15-32-23)25-11-7-16-35(25)24-13-12-20(30)18-21(24)31/h3-13,15-16,18,27-28H,2,14,17H2,1H3,(H,33,37)(H,34,38)/t27-,28-/m0/s1. The maximum atomic E-state index is 13.0. The number of halogens is 2. The van der Waals surface area contributed by atoms with Gasteiger partial charge in [0.25, 0.3) is 0 Å². The molecule has 4 aromatic rings. The lowest BCUT2D eigenvalue weighted by atomic mass is 10.0. The number of carbonyl (C=O) groups is 1. The van der Waals surface area contributed by atoms with Crippen LogP contribution in [0.1, 0.15) is 42.4 Å². The van der Waals surface area contributed by atoms with Crippen LogP contribution in [0.2, 0.25) is 10.0 Å². The van der Waals surface area contributed by atoms with Crippen LogP contribution in [0.3, 0.4) is 0 Å². The number of para-hydroxylation sites is 1. The van der Waals surface area contributed by atoms with E-state index in [4.69, 9.17) is 35.4 Å². The number of aromatic nitrogens is 2. The van der Waals surface area contributed by atoms with Crippen molar-refractivity contribution in [1.82, 2.24) is 19.8 Å². The van der Waals surface area contributed by atoms with Gasteiger partial charge in [0.2, 0.25) is 5.91 Å². The van der Waals surface area contributed by atoms with Gasteiger partial charge >= 0.3 is 0 Å². The van der Waals surface area contributed by atoms with Gasteiger partial charge in [0.1, 0.15) is 0 Å². The Balaban J connectivity index is 1.45. The molecule has 6 nitrogen and oxygen atoms in total. The van der Waals surface area contributed by atoms with Gasteiger partial charge in [0, 0.05) is 41.8 Å².